The van der Waals surface area contributed by atoms with Crippen molar-refractivity contribution in [2.45, 2.75) is 20.0 Å². The summed E-state index contributed by atoms with van der Waals surface area (Å²) in [6, 6.07) is 11.5. The zero-order chi connectivity index (χ0) is 19.1. The van der Waals surface area contributed by atoms with Crippen LogP contribution in [0.1, 0.15) is 28.4 Å². The maximum atomic E-state index is 12.6. The SMILES string of the molecule is CCOc1c(Br)cc(C(=O)NCc2ccccc2CN(C)C)cc1OC. The van der Waals surface area contributed by atoms with Crippen molar-refractivity contribution in [3.63, 3.8) is 0 Å². The van der Waals surface area contributed by atoms with Crippen LogP contribution >= 0.6 is 15.9 Å². The van der Waals surface area contributed by atoms with Crippen molar-refractivity contribution < 1.29 is 14.3 Å². The zero-order valence-corrected chi connectivity index (χ0v) is 17.2. The Morgan fingerprint density at radius 3 is 2.50 bits per heavy atom. The molecule has 0 spiro atoms. The molecule has 1 N–H and O–H groups in total. The van der Waals surface area contributed by atoms with Crippen LogP contribution in [0.5, 0.6) is 11.5 Å². The second-order valence-electron chi connectivity index (χ2n) is 6.11. The summed E-state index contributed by atoms with van der Waals surface area (Å²) < 4.78 is 11.6. The number of nitrogens with one attached hydrogen (secondary N) is 1. The van der Waals surface area contributed by atoms with E-state index in [1.165, 1.54) is 5.56 Å². The first kappa shape index (κ1) is 20.3. The maximum Gasteiger partial charge on any atom is 0.251 e. The molecule has 0 heterocycles. The van der Waals surface area contributed by atoms with Gasteiger partial charge in [0.15, 0.2) is 11.5 Å². The number of ether oxygens (including phenoxy) is 2. The predicted molar refractivity (Wildman–Crippen MR) is 107 cm³/mol. The van der Waals surface area contributed by atoms with Gasteiger partial charge in [-0.15, -0.1) is 0 Å². The molecule has 0 saturated heterocycles. The second kappa shape index (κ2) is 9.59. The highest BCUT2D eigenvalue weighted by Gasteiger charge is 2.15. The van der Waals surface area contributed by atoms with Crippen LogP contribution in [0, 0.1) is 0 Å². The molecule has 140 valence electrons. The van der Waals surface area contributed by atoms with Gasteiger partial charge in [0.1, 0.15) is 0 Å². The summed E-state index contributed by atoms with van der Waals surface area (Å²) >= 11 is 3.45. The molecule has 0 aliphatic carbocycles. The fourth-order valence-electron chi connectivity index (χ4n) is 2.64. The summed E-state index contributed by atoms with van der Waals surface area (Å²) in [6.45, 7) is 3.71. The molecular weight excluding hydrogens is 396 g/mol. The Morgan fingerprint density at radius 2 is 1.88 bits per heavy atom. The fraction of sp³-hybridized carbons (Fsp3) is 0.350. The standard InChI is InChI=1S/C20H25BrN2O3/c1-5-26-19-17(21)10-16(11-18(19)25-4)20(24)22-12-14-8-6-7-9-15(14)13-23(2)3/h6-11H,5,12-13H2,1-4H3,(H,22,24). The molecule has 5 nitrogen and oxygen atoms in total. The number of hydrogen-bond acceptors (Lipinski definition) is 4. The molecule has 1 amide bonds. The molecule has 0 radical (unpaired) electrons. The Hall–Kier alpha value is -2.05. The summed E-state index contributed by atoms with van der Waals surface area (Å²) in [5, 5.41) is 2.98. The van der Waals surface area contributed by atoms with Gasteiger partial charge in [-0.05, 0) is 60.2 Å². The highest BCUT2D eigenvalue weighted by Crippen LogP contribution is 2.36. The number of nitrogens with zero attached hydrogens (tertiary/aromatic N) is 1. The minimum atomic E-state index is -0.160. The lowest BCUT2D eigenvalue weighted by molar-refractivity contribution is 0.0950. The molecule has 26 heavy (non-hydrogen) atoms. The summed E-state index contributed by atoms with van der Waals surface area (Å²) in [5.74, 6) is 0.967. The molecule has 0 fully saturated rings. The number of carbonyl (C=O) groups excluding carboxylic acids is 1. The molecule has 0 atom stereocenters. The average Bonchev–Trinajstić information content (AvgIpc) is 2.61. The average molecular weight is 421 g/mol. The largest absolute Gasteiger partial charge is 0.493 e. The normalized spacial score (nSPS) is 10.7. The van der Waals surface area contributed by atoms with Gasteiger partial charge in [-0.2, -0.15) is 0 Å². The predicted octanol–water partition coefficient (Wildman–Crippen LogP) is 3.85. The first-order chi connectivity index (χ1) is 12.5. The second-order valence-corrected chi connectivity index (χ2v) is 6.97. The lowest BCUT2D eigenvalue weighted by atomic mass is 10.1. The third-order valence-electron chi connectivity index (χ3n) is 3.82. The van der Waals surface area contributed by atoms with Gasteiger partial charge in [0.25, 0.3) is 5.91 Å². The number of methoxy groups -OCH3 is 1. The van der Waals surface area contributed by atoms with E-state index in [2.05, 4.69) is 32.2 Å². The van der Waals surface area contributed by atoms with E-state index < -0.39 is 0 Å². The van der Waals surface area contributed by atoms with Crippen LogP contribution in [0.4, 0.5) is 0 Å². The Morgan fingerprint density at radius 1 is 1.19 bits per heavy atom. The number of carbonyl (C=O) groups is 1. The van der Waals surface area contributed by atoms with Gasteiger partial charge in [0, 0.05) is 18.7 Å². The molecule has 6 heteroatoms. The summed E-state index contributed by atoms with van der Waals surface area (Å²) in [4.78, 5) is 14.7. The smallest absolute Gasteiger partial charge is 0.251 e. The van der Waals surface area contributed by atoms with E-state index in [-0.39, 0.29) is 5.91 Å². The summed E-state index contributed by atoms with van der Waals surface area (Å²) in [7, 11) is 5.61. The van der Waals surface area contributed by atoms with Gasteiger partial charge in [-0.1, -0.05) is 24.3 Å². The van der Waals surface area contributed by atoms with Gasteiger partial charge in [-0.25, -0.2) is 0 Å². The van der Waals surface area contributed by atoms with E-state index >= 15 is 0 Å². The number of rotatable bonds is 8. The molecular formula is C20H25BrN2O3. The highest BCUT2D eigenvalue weighted by atomic mass is 79.9. The quantitative estimate of drug-likeness (QED) is 0.704. The van der Waals surface area contributed by atoms with E-state index in [1.54, 1.807) is 19.2 Å². The van der Waals surface area contributed by atoms with Gasteiger partial charge in [0.2, 0.25) is 0 Å². The van der Waals surface area contributed by atoms with E-state index in [0.29, 0.717) is 34.7 Å². The first-order valence-corrected chi connectivity index (χ1v) is 9.25. The maximum absolute atomic E-state index is 12.6. The van der Waals surface area contributed by atoms with Crippen LogP contribution in [0.25, 0.3) is 0 Å². The van der Waals surface area contributed by atoms with Crippen molar-refractivity contribution in [3.05, 3.63) is 57.6 Å². The van der Waals surface area contributed by atoms with Gasteiger partial charge in [0.05, 0.1) is 18.2 Å². The number of hydrogen-bond donors (Lipinski definition) is 1. The van der Waals surface area contributed by atoms with Crippen LogP contribution < -0.4 is 14.8 Å². The topological polar surface area (TPSA) is 50.8 Å². The van der Waals surface area contributed by atoms with Crippen molar-refractivity contribution in [1.29, 1.82) is 0 Å². The van der Waals surface area contributed by atoms with Crippen LogP contribution in [0.2, 0.25) is 0 Å². The van der Waals surface area contributed by atoms with Gasteiger partial charge < -0.3 is 19.7 Å². The van der Waals surface area contributed by atoms with Crippen molar-refractivity contribution in [2.75, 3.05) is 27.8 Å². The van der Waals surface area contributed by atoms with E-state index in [4.69, 9.17) is 9.47 Å². The fourth-order valence-corrected chi connectivity index (χ4v) is 3.19. The molecule has 2 rings (SSSR count). The highest BCUT2D eigenvalue weighted by molar-refractivity contribution is 9.10. The van der Waals surface area contributed by atoms with Crippen LogP contribution in [-0.2, 0) is 13.1 Å². The zero-order valence-electron chi connectivity index (χ0n) is 15.6. The first-order valence-electron chi connectivity index (χ1n) is 8.46. The van der Waals surface area contributed by atoms with Gasteiger partial charge in [-0.3, -0.25) is 4.79 Å². The minimum absolute atomic E-state index is 0.160. The summed E-state index contributed by atoms with van der Waals surface area (Å²) in [5.41, 5.74) is 2.82. The molecule has 0 saturated carbocycles. The van der Waals surface area contributed by atoms with Crippen molar-refractivity contribution in [2.24, 2.45) is 0 Å². The number of amides is 1. The molecule has 0 unspecified atom stereocenters. The van der Waals surface area contributed by atoms with E-state index in [0.717, 1.165) is 12.1 Å². The molecule has 0 aromatic heterocycles. The van der Waals surface area contributed by atoms with Crippen molar-refractivity contribution in [1.82, 2.24) is 10.2 Å². The lowest BCUT2D eigenvalue weighted by Gasteiger charge is -2.15. The number of benzene rings is 2. The van der Waals surface area contributed by atoms with Crippen molar-refractivity contribution in [3.8, 4) is 11.5 Å². The van der Waals surface area contributed by atoms with Crippen LogP contribution in [-0.4, -0.2) is 38.6 Å². The molecule has 2 aromatic carbocycles. The Labute approximate surface area is 163 Å². The summed E-state index contributed by atoms with van der Waals surface area (Å²) in [6.07, 6.45) is 0. The molecule has 0 aliphatic rings. The molecule has 2 aromatic rings. The van der Waals surface area contributed by atoms with E-state index in [9.17, 15) is 4.79 Å². The van der Waals surface area contributed by atoms with E-state index in [1.807, 2.05) is 39.2 Å². The van der Waals surface area contributed by atoms with Crippen molar-refractivity contribution >= 4 is 21.8 Å². The molecule has 0 aliphatic heterocycles. The monoisotopic (exact) mass is 420 g/mol. The Bertz CT molecular complexity index is 763. The third kappa shape index (κ3) is 5.22. The molecule has 0 bridgehead atoms. The Kier molecular flexibility index (Phi) is 7.48. The van der Waals surface area contributed by atoms with Crippen LogP contribution in [0.3, 0.4) is 0 Å². The third-order valence-corrected chi connectivity index (χ3v) is 4.41. The van der Waals surface area contributed by atoms with Crippen LogP contribution in [0.15, 0.2) is 40.9 Å². The number of halogens is 1. The lowest BCUT2D eigenvalue weighted by Crippen LogP contribution is -2.24. The van der Waals surface area contributed by atoms with Gasteiger partial charge >= 0.3 is 0 Å². The Balaban J connectivity index is 2.15. The minimum Gasteiger partial charge on any atom is -0.493 e.